The normalized spacial score (nSPS) is 9.15. The average Bonchev–Trinajstić information content (AvgIpc) is 2.05. The van der Waals surface area contributed by atoms with Crippen molar-refractivity contribution in [1.29, 1.82) is 0 Å². The molecule has 0 radical (unpaired) electrons. The third kappa shape index (κ3) is 4.09. The van der Waals surface area contributed by atoms with Gasteiger partial charge in [-0.3, -0.25) is 0 Å². The van der Waals surface area contributed by atoms with E-state index < -0.39 is 0 Å². The third-order valence-electron chi connectivity index (χ3n) is 1.67. The topological polar surface area (TPSA) is 3.24 Å². The summed E-state index contributed by atoms with van der Waals surface area (Å²) in [6.07, 6.45) is 0. The van der Waals surface area contributed by atoms with Crippen molar-refractivity contribution in [2.75, 3.05) is 23.8 Å². The standard InChI is InChI=1S/C9H11BrFN.BrH/c1-12(6-5-10)9-4-2-3-8(11)7-9;/h2-4,7H,5-6H2,1H3;1H. The van der Waals surface area contributed by atoms with Gasteiger partial charge < -0.3 is 4.90 Å². The van der Waals surface area contributed by atoms with Gasteiger partial charge in [0.1, 0.15) is 5.82 Å². The molecule has 0 fully saturated rings. The lowest BCUT2D eigenvalue weighted by Crippen LogP contribution is -2.19. The molecule has 0 saturated heterocycles. The maximum absolute atomic E-state index is 12.7. The lowest BCUT2D eigenvalue weighted by atomic mass is 10.3. The highest BCUT2D eigenvalue weighted by Crippen LogP contribution is 2.13. The van der Waals surface area contributed by atoms with E-state index in [-0.39, 0.29) is 22.8 Å². The summed E-state index contributed by atoms with van der Waals surface area (Å²) in [7, 11) is 1.94. The summed E-state index contributed by atoms with van der Waals surface area (Å²) < 4.78 is 12.7. The van der Waals surface area contributed by atoms with Gasteiger partial charge in [-0.2, -0.15) is 0 Å². The van der Waals surface area contributed by atoms with E-state index in [1.54, 1.807) is 6.07 Å². The smallest absolute Gasteiger partial charge is 0.125 e. The van der Waals surface area contributed by atoms with Crippen LogP contribution < -0.4 is 4.90 Å². The van der Waals surface area contributed by atoms with E-state index in [0.717, 1.165) is 17.6 Å². The maximum atomic E-state index is 12.7. The molecule has 0 saturated carbocycles. The molecule has 0 amide bonds. The molecule has 0 aromatic heterocycles. The molecule has 1 rings (SSSR count). The number of halogens is 3. The molecule has 1 aromatic carbocycles. The third-order valence-corrected chi connectivity index (χ3v) is 2.02. The fourth-order valence-corrected chi connectivity index (χ4v) is 1.50. The van der Waals surface area contributed by atoms with E-state index in [1.165, 1.54) is 12.1 Å². The van der Waals surface area contributed by atoms with Crippen molar-refractivity contribution in [1.82, 2.24) is 0 Å². The molecule has 4 heteroatoms. The number of hydrogen-bond acceptors (Lipinski definition) is 1. The predicted molar refractivity (Wildman–Crippen MR) is 63.8 cm³/mol. The Kier molecular flexibility index (Phi) is 6.33. The first-order valence-electron chi connectivity index (χ1n) is 3.76. The molecule has 0 aliphatic heterocycles. The first kappa shape index (κ1) is 12.9. The van der Waals surface area contributed by atoms with Crippen molar-refractivity contribution in [3.05, 3.63) is 30.1 Å². The minimum Gasteiger partial charge on any atom is -0.374 e. The summed E-state index contributed by atoms with van der Waals surface area (Å²) >= 11 is 3.33. The lowest BCUT2D eigenvalue weighted by Gasteiger charge is -2.17. The first-order chi connectivity index (χ1) is 5.74. The molecule has 74 valence electrons. The Morgan fingerprint density at radius 1 is 1.46 bits per heavy atom. The Labute approximate surface area is 96.8 Å². The van der Waals surface area contributed by atoms with Gasteiger partial charge in [0.05, 0.1) is 0 Å². The summed E-state index contributed by atoms with van der Waals surface area (Å²) in [4.78, 5) is 2.00. The Hall–Kier alpha value is -0.0900. The van der Waals surface area contributed by atoms with Crippen LogP contribution in [0, 0.1) is 5.82 Å². The van der Waals surface area contributed by atoms with Crippen LogP contribution in [-0.2, 0) is 0 Å². The monoisotopic (exact) mass is 311 g/mol. The van der Waals surface area contributed by atoms with Crippen LogP contribution in [0.1, 0.15) is 0 Å². The van der Waals surface area contributed by atoms with Crippen LogP contribution >= 0.6 is 32.9 Å². The zero-order chi connectivity index (χ0) is 8.97. The zero-order valence-electron chi connectivity index (χ0n) is 7.34. The molecule has 0 N–H and O–H groups in total. The molecule has 0 atom stereocenters. The highest BCUT2D eigenvalue weighted by atomic mass is 79.9. The predicted octanol–water partition coefficient (Wildman–Crippen LogP) is 3.23. The Bertz CT molecular complexity index is 255. The second-order valence-electron chi connectivity index (χ2n) is 2.59. The maximum Gasteiger partial charge on any atom is 0.125 e. The van der Waals surface area contributed by atoms with Crippen LogP contribution in [0.3, 0.4) is 0 Å². The summed E-state index contributed by atoms with van der Waals surface area (Å²) in [5.74, 6) is -0.186. The van der Waals surface area contributed by atoms with Gasteiger partial charge in [0.2, 0.25) is 0 Å². The molecule has 0 heterocycles. The van der Waals surface area contributed by atoms with E-state index in [2.05, 4.69) is 15.9 Å². The van der Waals surface area contributed by atoms with Crippen molar-refractivity contribution >= 4 is 38.6 Å². The van der Waals surface area contributed by atoms with Crippen LogP contribution in [0.5, 0.6) is 0 Å². The quantitative estimate of drug-likeness (QED) is 0.775. The van der Waals surface area contributed by atoms with Gasteiger partial charge >= 0.3 is 0 Å². The molecule has 0 bridgehead atoms. The zero-order valence-corrected chi connectivity index (χ0v) is 10.6. The molecule has 13 heavy (non-hydrogen) atoms. The SMILES string of the molecule is Br.CN(CCBr)c1cccc(F)c1. The van der Waals surface area contributed by atoms with Crippen LogP contribution in [0.4, 0.5) is 10.1 Å². The van der Waals surface area contributed by atoms with Crippen molar-refractivity contribution < 1.29 is 4.39 Å². The van der Waals surface area contributed by atoms with Gasteiger partial charge in [0.15, 0.2) is 0 Å². The second-order valence-corrected chi connectivity index (χ2v) is 3.38. The van der Waals surface area contributed by atoms with Crippen LogP contribution in [0.25, 0.3) is 0 Å². The molecular formula is C9H12Br2FN. The molecule has 0 spiro atoms. The minimum absolute atomic E-state index is 0. The summed E-state index contributed by atoms with van der Waals surface area (Å²) in [6, 6.07) is 6.59. The molecule has 0 aliphatic carbocycles. The molecule has 1 nitrogen and oxygen atoms in total. The summed E-state index contributed by atoms with van der Waals surface area (Å²) in [5.41, 5.74) is 0.912. The second kappa shape index (κ2) is 6.38. The molecule has 1 aromatic rings. The van der Waals surface area contributed by atoms with Crippen molar-refractivity contribution in [2.45, 2.75) is 0 Å². The number of anilines is 1. The van der Waals surface area contributed by atoms with Crippen LogP contribution in [-0.4, -0.2) is 18.9 Å². The van der Waals surface area contributed by atoms with Crippen molar-refractivity contribution in [3.8, 4) is 0 Å². The average molecular weight is 313 g/mol. The number of hydrogen-bond donors (Lipinski definition) is 0. The number of rotatable bonds is 3. The fourth-order valence-electron chi connectivity index (χ4n) is 0.969. The van der Waals surface area contributed by atoms with Gasteiger partial charge in [-0.1, -0.05) is 22.0 Å². The molecular weight excluding hydrogens is 301 g/mol. The first-order valence-corrected chi connectivity index (χ1v) is 4.89. The van der Waals surface area contributed by atoms with E-state index >= 15 is 0 Å². The van der Waals surface area contributed by atoms with Crippen molar-refractivity contribution in [3.63, 3.8) is 0 Å². The number of nitrogens with zero attached hydrogens (tertiary/aromatic N) is 1. The number of benzene rings is 1. The van der Waals surface area contributed by atoms with E-state index in [9.17, 15) is 4.39 Å². The van der Waals surface area contributed by atoms with Gasteiger partial charge in [0.25, 0.3) is 0 Å². The van der Waals surface area contributed by atoms with Crippen LogP contribution in [0.15, 0.2) is 24.3 Å². The van der Waals surface area contributed by atoms with E-state index in [1.807, 2.05) is 18.0 Å². The molecule has 0 aliphatic rings. The summed E-state index contributed by atoms with van der Waals surface area (Å²) in [5, 5.41) is 0.889. The Balaban J connectivity index is 0.00000144. The van der Waals surface area contributed by atoms with Gasteiger partial charge in [-0.15, -0.1) is 17.0 Å². The Morgan fingerprint density at radius 3 is 2.69 bits per heavy atom. The van der Waals surface area contributed by atoms with Gasteiger partial charge in [-0.25, -0.2) is 4.39 Å². The molecule has 0 unspecified atom stereocenters. The highest BCUT2D eigenvalue weighted by Gasteiger charge is 1.99. The van der Waals surface area contributed by atoms with Gasteiger partial charge in [-0.05, 0) is 18.2 Å². The fraction of sp³-hybridized carbons (Fsp3) is 0.333. The lowest BCUT2D eigenvalue weighted by molar-refractivity contribution is 0.627. The summed E-state index contributed by atoms with van der Waals surface area (Å²) in [6.45, 7) is 0.878. The van der Waals surface area contributed by atoms with Crippen molar-refractivity contribution in [2.24, 2.45) is 0 Å². The van der Waals surface area contributed by atoms with E-state index in [0.29, 0.717) is 0 Å². The number of alkyl halides is 1. The largest absolute Gasteiger partial charge is 0.374 e. The highest BCUT2D eigenvalue weighted by molar-refractivity contribution is 9.09. The Morgan fingerprint density at radius 2 is 2.15 bits per heavy atom. The van der Waals surface area contributed by atoms with Crippen LogP contribution in [0.2, 0.25) is 0 Å². The van der Waals surface area contributed by atoms with Gasteiger partial charge in [0, 0.05) is 24.6 Å². The van der Waals surface area contributed by atoms with E-state index in [4.69, 9.17) is 0 Å². The minimum atomic E-state index is -0.186.